The highest BCUT2D eigenvalue weighted by atomic mass is 16.2. The van der Waals surface area contributed by atoms with E-state index in [1.165, 1.54) is 0 Å². The number of pyridine rings is 1. The van der Waals surface area contributed by atoms with Crippen LogP contribution in [0.1, 0.15) is 34.6 Å². The Morgan fingerprint density at radius 3 is 2.58 bits per heavy atom. The average Bonchev–Trinajstić information content (AvgIpc) is 2.61. The lowest BCUT2D eigenvalue weighted by atomic mass is 10.1. The minimum atomic E-state index is -0.352. The zero-order valence-electron chi connectivity index (χ0n) is 13.0. The van der Waals surface area contributed by atoms with Gasteiger partial charge in [-0.25, -0.2) is 0 Å². The van der Waals surface area contributed by atoms with Crippen LogP contribution in [-0.2, 0) is 0 Å². The molecule has 0 saturated carbocycles. The van der Waals surface area contributed by atoms with E-state index >= 15 is 0 Å². The maximum absolute atomic E-state index is 12.4. The van der Waals surface area contributed by atoms with Gasteiger partial charge in [0.05, 0.1) is 17.7 Å². The molecule has 24 heavy (non-hydrogen) atoms. The molecule has 0 fully saturated rings. The van der Waals surface area contributed by atoms with E-state index in [-0.39, 0.29) is 23.2 Å². The zero-order chi connectivity index (χ0) is 17.1. The highest BCUT2D eigenvalue weighted by Crippen LogP contribution is 2.15. The summed E-state index contributed by atoms with van der Waals surface area (Å²) in [6, 6.07) is 17.6. The van der Waals surface area contributed by atoms with Gasteiger partial charge < -0.3 is 10.3 Å². The van der Waals surface area contributed by atoms with E-state index in [0.29, 0.717) is 10.9 Å². The summed E-state index contributed by atoms with van der Waals surface area (Å²) in [5, 5.41) is 12.9. The predicted molar refractivity (Wildman–Crippen MR) is 91.6 cm³/mol. The minimum Gasteiger partial charge on any atom is -0.344 e. The Hall–Kier alpha value is -3.39. The van der Waals surface area contributed by atoms with E-state index < -0.39 is 0 Å². The van der Waals surface area contributed by atoms with E-state index in [1.54, 1.807) is 48.5 Å². The molecule has 0 spiro atoms. The smallest absolute Gasteiger partial charge is 0.268 e. The molecule has 2 aromatic carbocycles. The number of hydrogen-bond acceptors (Lipinski definition) is 3. The van der Waals surface area contributed by atoms with Crippen molar-refractivity contribution in [3.63, 3.8) is 0 Å². The molecule has 0 aliphatic carbocycles. The number of nitrogens with zero attached hydrogens (tertiary/aromatic N) is 1. The molecule has 3 aromatic rings. The molecule has 5 nitrogen and oxygen atoms in total. The fourth-order valence-corrected chi connectivity index (χ4v) is 2.54. The van der Waals surface area contributed by atoms with E-state index in [2.05, 4.69) is 16.4 Å². The molecular formula is C19H15N3O2. The van der Waals surface area contributed by atoms with Crippen LogP contribution in [0.5, 0.6) is 0 Å². The van der Waals surface area contributed by atoms with Gasteiger partial charge in [0.1, 0.15) is 5.69 Å². The lowest BCUT2D eigenvalue weighted by Gasteiger charge is -2.14. The molecule has 0 saturated heterocycles. The van der Waals surface area contributed by atoms with Crippen molar-refractivity contribution >= 4 is 16.7 Å². The van der Waals surface area contributed by atoms with Gasteiger partial charge in [0.25, 0.3) is 11.5 Å². The molecule has 0 radical (unpaired) electrons. The third-order valence-electron chi connectivity index (χ3n) is 3.89. The topological polar surface area (TPSA) is 85.8 Å². The van der Waals surface area contributed by atoms with Crippen molar-refractivity contribution < 1.29 is 4.79 Å². The number of fused-ring (bicyclic) bond motifs is 1. The summed E-state index contributed by atoms with van der Waals surface area (Å²) >= 11 is 0. The van der Waals surface area contributed by atoms with Crippen LogP contribution in [0.15, 0.2) is 59.4 Å². The lowest BCUT2D eigenvalue weighted by Crippen LogP contribution is -2.29. The Labute approximate surface area is 138 Å². The van der Waals surface area contributed by atoms with Crippen molar-refractivity contribution in [3.05, 3.63) is 81.8 Å². The second-order valence-corrected chi connectivity index (χ2v) is 5.53. The number of nitriles is 1. The maximum Gasteiger partial charge on any atom is 0.268 e. The molecule has 1 aromatic heterocycles. The summed E-state index contributed by atoms with van der Waals surface area (Å²) in [5.41, 5.74) is 1.38. The standard InChI is InChI=1S/C19H15N3O2/c1-12(14-8-6-13(11-20)7-9-14)21-19(24)17-10-15-4-2-3-5-16(15)18(23)22-17/h2-10,12H,1H3,(H,21,24)(H,22,23). The third kappa shape index (κ3) is 3.03. The fourth-order valence-electron chi connectivity index (χ4n) is 2.54. The number of amides is 1. The first-order chi connectivity index (χ1) is 11.6. The molecular weight excluding hydrogens is 302 g/mol. The molecule has 5 heteroatoms. The van der Waals surface area contributed by atoms with Crippen molar-refractivity contribution in [2.45, 2.75) is 13.0 Å². The molecule has 1 atom stereocenters. The zero-order valence-corrected chi connectivity index (χ0v) is 13.0. The van der Waals surface area contributed by atoms with Crippen LogP contribution in [0, 0.1) is 11.3 Å². The number of carbonyl (C=O) groups is 1. The van der Waals surface area contributed by atoms with Crippen molar-refractivity contribution in [1.29, 1.82) is 5.26 Å². The SMILES string of the molecule is CC(NC(=O)c1cc2ccccc2c(=O)[nH]1)c1ccc(C#N)cc1. The second kappa shape index (κ2) is 6.39. The normalized spacial score (nSPS) is 11.7. The van der Waals surface area contributed by atoms with Gasteiger partial charge in [0, 0.05) is 5.39 Å². The Morgan fingerprint density at radius 1 is 1.17 bits per heavy atom. The van der Waals surface area contributed by atoms with E-state index in [0.717, 1.165) is 10.9 Å². The first kappa shape index (κ1) is 15.5. The number of aromatic amines is 1. The van der Waals surface area contributed by atoms with Crippen LogP contribution in [0.4, 0.5) is 0 Å². The number of H-pyrrole nitrogens is 1. The highest BCUT2D eigenvalue weighted by molar-refractivity contribution is 5.96. The Bertz CT molecular complexity index is 998. The molecule has 0 aliphatic heterocycles. The van der Waals surface area contributed by atoms with Gasteiger partial charge in [-0.2, -0.15) is 5.26 Å². The van der Waals surface area contributed by atoms with Gasteiger partial charge in [-0.15, -0.1) is 0 Å². The van der Waals surface area contributed by atoms with Crippen LogP contribution in [0.2, 0.25) is 0 Å². The summed E-state index contributed by atoms with van der Waals surface area (Å²) in [6.07, 6.45) is 0. The Kier molecular flexibility index (Phi) is 4.13. The van der Waals surface area contributed by atoms with Crippen molar-refractivity contribution in [1.82, 2.24) is 10.3 Å². The number of rotatable bonds is 3. The number of nitrogens with one attached hydrogen (secondary N) is 2. The average molecular weight is 317 g/mol. The number of aromatic nitrogens is 1. The van der Waals surface area contributed by atoms with Crippen molar-refractivity contribution in [2.24, 2.45) is 0 Å². The van der Waals surface area contributed by atoms with Crippen molar-refractivity contribution in [2.75, 3.05) is 0 Å². The molecule has 1 amide bonds. The first-order valence-corrected chi connectivity index (χ1v) is 7.51. The Balaban J connectivity index is 1.84. The third-order valence-corrected chi connectivity index (χ3v) is 3.89. The number of hydrogen-bond donors (Lipinski definition) is 2. The van der Waals surface area contributed by atoms with Crippen LogP contribution < -0.4 is 10.9 Å². The fraction of sp³-hybridized carbons (Fsp3) is 0.105. The summed E-state index contributed by atoms with van der Waals surface area (Å²) in [7, 11) is 0. The molecule has 2 N–H and O–H groups in total. The van der Waals surface area contributed by atoms with Crippen LogP contribution >= 0.6 is 0 Å². The minimum absolute atomic E-state index is 0.221. The van der Waals surface area contributed by atoms with Gasteiger partial charge in [-0.1, -0.05) is 30.3 Å². The van der Waals surface area contributed by atoms with Crippen molar-refractivity contribution in [3.8, 4) is 6.07 Å². The van der Waals surface area contributed by atoms with Gasteiger partial charge in [-0.3, -0.25) is 9.59 Å². The van der Waals surface area contributed by atoms with Gasteiger partial charge >= 0.3 is 0 Å². The summed E-state index contributed by atoms with van der Waals surface area (Å²) in [5.74, 6) is -0.352. The number of benzene rings is 2. The summed E-state index contributed by atoms with van der Waals surface area (Å²) in [6.45, 7) is 1.85. The molecule has 0 aliphatic rings. The molecule has 0 bridgehead atoms. The second-order valence-electron chi connectivity index (χ2n) is 5.53. The van der Waals surface area contributed by atoms with E-state index in [9.17, 15) is 9.59 Å². The molecule has 1 heterocycles. The van der Waals surface area contributed by atoms with Gasteiger partial charge in [0.2, 0.25) is 0 Å². The van der Waals surface area contributed by atoms with Gasteiger partial charge in [0.15, 0.2) is 0 Å². The molecule has 1 unspecified atom stereocenters. The monoisotopic (exact) mass is 317 g/mol. The maximum atomic E-state index is 12.4. The van der Waals surface area contributed by atoms with Gasteiger partial charge in [-0.05, 0) is 42.1 Å². The number of carbonyl (C=O) groups excluding carboxylic acids is 1. The summed E-state index contributed by atoms with van der Waals surface area (Å²) in [4.78, 5) is 27.1. The van der Waals surface area contributed by atoms with E-state index in [4.69, 9.17) is 5.26 Å². The van der Waals surface area contributed by atoms with Crippen LogP contribution in [0.25, 0.3) is 10.8 Å². The Morgan fingerprint density at radius 2 is 1.88 bits per heavy atom. The summed E-state index contributed by atoms with van der Waals surface area (Å²) < 4.78 is 0. The lowest BCUT2D eigenvalue weighted by molar-refractivity contribution is 0.0935. The van der Waals surface area contributed by atoms with Crippen LogP contribution in [0.3, 0.4) is 0 Å². The van der Waals surface area contributed by atoms with Crippen LogP contribution in [-0.4, -0.2) is 10.9 Å². The predicted octanol–water partition coefficient (Wildman–Crippen LogP) is 2.89. The largest absolute Gasteiger partial charge is 0.344 e. The highest BCUT2D eigenvalue weighted by Gasteiger charge is 2.13. The van der Waals surface area contributed by atoms with E-state index in [1.807, 2.05) is 13.0 Å². The molecule has 3 rings (SSSR count). The quantitative estimate of drug-likeness (QED) is 0.779. The first-order valence-electron chi connectivity index (χ1n) is 7.51. The molecule has 118 valence electrons.